The molecule has 0 radical (unpaired) electrons. The second-order valence-corrected chi connectivity index (χ2v) is 3.68. The normalized spacial score (nSPS) is 21.7. The minimum absolute atomic E-state index is 0. The maximum absolute atomic E-state index is 11.5. The molecule has 84 valence electrons. The number of piperazine rings is 1. The number of amides is 1. The third-order valence-corrected chi connectivity index (χ3v) is 2.07. The number of nitrogens with zero attached hydrogens (tertiary/aromatic N) is 1. The second-order valence-electron chi connectivity index (χ2n) is 3.68. The molecule has 1 N–H and O–H groups in total. The fourth-order valence-electron chi connectivity index (χ4n) is 1.38. The minimum Gasteiger partial charge on any atom is -0.447 e. The van der Waals surface area contributed by atoms with Crippen molar-refractivity contribution in [1.29, 1.82) is 0 Å². The van der Waals surface area contributed by atoms with Crippen molar-refractivity contribution in [1.82, 2.24) is 10.2 Å². The van der Waals surface area contributed by atoms with E-state index in [1.807, 2.05) is 20.8 Å². The summed E-state index contributed by atoms with van der Waals surface area (Å²) >= 11 is 0. The molecule has 1 amide bonds. The van der Waals surface area contributed by atoms with E-state index in [4.69, 9.17) is 4.74 Å². The van der Waals surface area contributed by atoms with Gasteiger partial charge in [-0.3, -0.25) is 0 Å². The number of halogens is 1. The summed E-state index contributed by atoms with van der Waals surface area (Å²) in [6.07, 6.45) is -0.224. The Bertz CT molecular complexity index is 188. The lowest BCUT2D eigenvalue weighted by Gasteiger charge is -2.33. The third-order valence-electron chi connectivity index (χ3n) is 2.07. The van der Waals surface area contributed by atoms with Gasteiger partial charge in [-0.05, 0) is 20.8 Å². The van der Waals surface area contributed by atoms with Crippen LogP contribution in [0.25, 0.3) is 0 Å². The molecule has 5 heteroatoms. The van der Waals surface area contributed by atoms with Crippen LogP contribution in [0.2, 0.25) is 0 Å². The SMILES string of the molecule is CC(C)OC(=O)N1CCNC[C@@H]1C.Cl. The fourth-order valence-corrected chi connectivity index (χ4v) is 1.38. The molecule has 0 bridgehead atoms. The zero-order valence-corrected chi connectivity index (χ0v) is 9.76. The Morgan fingerprint density at radius 3 is 2.71 bits per heavy atom. The predicted octanol–water partition coefficient (Wildman–Crippen LogP) is 1.25. The van der Waals surface area contributed by atoms with E-state index in [1.54, 1.807) is 4.90 Å². The highest BCUT2D eigenvalue weighted by Crippen LogP contribution is 2.06. The van der Waals surface area contributed by atoms with E-state index < -0.39 is 0 Å². The number of carbonyl (C=O) groups excluding carboxylic acids is 1. The van der Waals surface area contributed by atoms with Crippen LogP contribution in [0, 0.1) is 0 Å². The highest BCUT2D eigenvalue weighted by Gasteiger charge is 2.24. The predicted molar refractivity (Wildman–Crippen MR) is 57.9 cm³/mol. The maximum Gasteiger partial charge on any atom is 0.410 e. The average molecular weight is 223 g/mol. The Hall–Kier alpha value is -0.480. The molecule has 0 aromatic heterocycles. The van der Waals surface area contributed by atoms with Crippen molar-refractivity contribution in [3.05, 3.63) is 0 Å². The molecule has 1 aliphatic heterocycles. The highest BCUT2D eigenvalue weighted by molar-refractivity contribution is 5.85. The number of ether oxygens (including phenoxy) is 1. The molecular formula is C9H19ClN2O2. The molecule has 1 saturated heterocycles. The van der Waals surface area contributed by atoms with Crippen molar-refractivity contribution in [2.45, 2.75) is 32.9 Å². The monoisotopic (exact) mass is 222 g/mol. The lowest BCUT2D eigenvalue weighted by atomic mass is 10.2. The molecule has 1 rings (SSSR count). The van der Waals surface area contributed by atoms with Gasteiger partial charge in [0.15, 0.2) is 0 Å². The van der Waals surface area contributed by atoms with Crippen molar-refractivity contribution < 1.29 is 9.53 Å². The second kappa shape index (κ2) is 6.09. The first-order valence-electron chi connectivity index (χ1n) is 4.79. The summed E-state index contributed by atoms with van der Waals surface area (Å²) in [5.41, 5.74) is 0. The van der Waals surface area contributed by atoms with Crippen LogP contribution in [0.4, 0.5) is 4.79 Å². The van der Waals surface area contributed by atoms with Crippen LogP contribution in [0.5, 0.6) is 0 Å². The largest absolute Gasteiger partial charge is 0.447 e. The summed E-state index contributed by atoms with van der Waals surface area (Å²) in [4.78, 5) is 13.3. The lowest BCUT2D eigenvalue weighted by molar-refractivity contribution is 0.0596. The molecule has 1 aliphatic rings. The summed E-state index contributed by atoms with van der Waals surface area (Å²) in [6, 6.07) is 0.236. The van der Waals surface area contributed by atoms with Crippen LogP contribution < -0.4 is 5.32 Å². The fraction of sp³-hybridized carbons (Fsp3) is 0.889. The molecular weight excluding hydrogens is 204 g/mol. The lowest BCUT2D eigenvalue weighted by Crippen LogP contribution is -2.52. The molecule has 0 unspecified atom stereocenters. The first-order chi connectivity index (χ1) is 6.11. The number of carbonyl (C=O) groups is 1. The van der Waals surface area contributed by atoms with Gasteiger partial charge in [0.05, 0.1) is 6.10 Å². The molecule has 4 nitrogen and oxygen atoms in total. The molecule has 0 saturated carbocycles. The van der Waals surface area contributed by atoms with E-state index in [0.717, 1.165) is 19.6 Å². The van der Waals surface area contributed by atoms with E-state index in [9.17, 15) is 4.79 Å². The Morgan fingerprint density at radius 1 is 1.57 bits per heavy atom. The van der Waals surface area contributed by atoms with E-state index in [0.29, 0.717) is 0 Å². The topological polar surface area (TPSA) is 41.6 Å². The Morgan fingerprint density at radius 2 is 2.21 bits per heavy atom. The Labute approximate surface area is 91.4 Å². The van der Waals surface area contributed by atoms with Crippen LogP contribution in [0.1, 0.15) is 20.8 Å². The molecule has 0 spiro atoms. The van der Waals surface area contributed by atoms with Gasteiger partial charge in [-0.25, -0.2) is 4.79 Å². The first kappa shape index (κ1) is 13.5. The van der Waals surface area contributed by atoms with Crippen molar-refractivity contribution in [2.24, 2.45) is 0 Å². The van der Waals surface area contributed by atoms with Crippen LogP contribution in [-0.4, -0.2) is 42.8 Å². The smallest absolute Gasteiger partial charge is 0.410 e. The van der Waals surface area contributed by atoms with Crippen LogP contribution in [0.15, 0.2) is 0 Å². The van der Waals surface area contributed by atoms with Crippen LogP contribution in [-0.2, 0) is 4.74 Å². The summed E-state index contributed by atoms with van der Waals surface area (Å²) < 4.78 is 5.12. The van der Waals surface area contributed by atoms with Crippen molar-refractivity contribution in [3.63, 3.8) is 0 Å². The summed E-state index contributed by atoms with van der Waals surface area (Å²) in [6.45, 7) is 8.21. The van der Waals surface area contributed by atoms with E-state index in [1.165, 1.54) is 0 Å². The van der Waals surface area contributed by atoms with Gasteiger partial charge < -0.3 is 15.0 Å². The van der Waals surface area contributed by atoms with Crippen molar-refractivity contribution in [3.8, 4) is 0 Å². The molecule has 0 aliphatic carbocycles. The van der Waals surface area contributed by atoms with Gasteiger partial charge >= 0.3 is 6.09 Å². The standard InChI is InChI=1S/C9H18N2O2.ClH/c1-7(2)13-9(12)11-5-4-10-6-8(11)3;/h7-8,10H,4-6H2,1-3H3;1H/t8-;/m0./s1. The van der Waals surface area contributed by atoms with Gasteiger partial charge in [0, 0.05) is 25.7 Å². The third kappa shape index (κ3) is 3.72. The van der Waals surface area contributed by atoms with E-state index in [2.05, 4.69) is 5.32 Å². The van der Waals surface area contributed by atoms with E-state index >= 15 is 0 Å². The zero-order valence-electron chi connectivity index (χ0n) is 8.95. The Balaban J connectivity index is 0.00000169. The molecule has 1 heterocycles. The van der Waals surface area contributed by atoms with Crippen molar-refractivity contribution >= 4 is 18.5 Å². The van der Waals surface area contributed by atoms with Gasteiger partial charge in [-0.1, -0.05) is 0 Å². The summed E-state index contributed by atoms with van der Waals surface area (Å²) in [7, 11) is 0. The molecule has 0 aromatic rings. The van der Waals surface area contributed by atoms with Crippen molar-refractivity contribution in [2.75, 3.05) is 19.6 Å². The molecule has 14 heavy (non-hydrogen) atoms. The van der Waals surface area contributed by atoms with Gasteiger partial charge in [0.2, 0.25) is 0 Å². The summed E-state index contributed by atoms with van der Waals surface area (Å²) in [5.74, 6) is 0. The average Bonchev–Trinajstić information content (AvgIpc) is 2.03. The first-order valence-corrected chi connectivity index (χ1v) is 4.79. The quantitative estimate of drug-likeness (QED) is 0.726. The number of hydrogen-bond donors (Lipinski definition) is 1. The van der Waals surface area contributed by atoms with Gasteiger partial charge in [0.1, 0.15) is 0 Å². The number of nitrogens with one attached hydrogen (secondary N) is 1. The Kier molecular flexibility index (Phi) is 5.88. The molecule has 0 aromatic carbocycles. The van der Waals surface area contributed by atoms with Gasteiger partial charge in [-0.2, -0.15) is 0 Å². The number of rotatable bonds is 1. The minimum atomic E-state index is -0.191. The zero-order chi connectivity index (χ0) is 9.84. The maximum atomic E-state index is 11.5. The van der Waals surface area contributed by atoms with Crippen LogP contribution >= 0.6 is 12.4 Å². The highest BCUT2D eigenvalue weighted by atomic mass is 35.5. The summed E-state index contributed by atoms with van der Waals surface area (Å²) in [5, 5.41) is 3.22. The van der Waals surface area contributed by atoms with E-state index in [-0.39, 0.29) is 30.6 Å². The molecule has 1 atom stereocenters. The molecule has 1 fully saturated rings. The van der Waals surface area contributed by atoms with Crippen LogP contribution in [0.3, 0.4) is 0 Å². The van der Waals surface area contributed by atoms with Gasteiger partial charge in [0.25, 0.3) is 0 Å². The van der Waals surface area contributed by atoms with Gasteiger partial charge in [-0.15, -0.1) is 12.4 Å². The number of hydrogen-bond acceptors (Lipinski definition) is 3.